The summed E-state index contributed by atoms with van der Waals surface area (Å²) in [5.74, 6) is -0.190. The van der Waals surface area contributed by atoms with Crippen LogP contribution in [0, 0.1) is 0 Å². The fourth-order valence-corrected chi connectivity index (χ4v) is 1.84. The van der Waals surface area contributed by atoms with Crippen molar-refractivity contribution < 1.29 is 9.53 Å². The van der Waals surface area contributed by atoms with E-state index < -0.39 is 5.60 Å². The molecule has 0 fully saturated rings. The molecule has 106 valence electrons. The monoisotopic (exact) mass is 263 g/mol. The number of ether oxygens (including phenoxy) is 1. The van der Waals surface area contributed by atoms with Crippen LogP contribution in [-0.4, -0.2) is 23.7 Å². The molecule has 0 aromatic heterocycles. The second kappa shape index (κ2) is 6.71. The van der Waals surface area contributed by atoms with Crippen molar-refractivity contribution in [3.63, 3.8) is 0 Å². The van der Waals surface area contributed by atoms with Crippen LogP contribution in [0.1, 0.15) is 40.2 Å². The van der Waals surface area contributed by atoms with Gasteiger partial charge in [-0.3, -0.25) is 4.79 Å². The van der Waals surface area contributed by atoms with Gasteiger partial charge in [0.15, 0.2) is 0 Å². The van der Waals surface area contributed by atoms with Crippen LogP contribution in [0.3, 0.4) is 0 Å². The molecule has 1 unspecified atom stereocenters. The number of carbonyl (C=O) groups excluding carboxylic acids is 1. The van der Waals surface area contributed by atoms with E-state index in [-0.39, 0.29) is 18.1 Å². The van der Waals surface area contributed by atoms with E-state index in [0.29, 0.717) is 6.42 Å². The van der Waals surface area contributed by atoms with Crippen LogP contribution in [-0.2, 0) is 16.0 Å². The molecule has 1 rings (SSSR count). The zero-order valence-electron chi connectivity index (χ0n) is 12.6. The summed E-state index contributed by atoms with van der Waals surface area (Å²) in [4.78, 5) is 12.2. The van der Waals surface area contributed by atoms with Gasteiger partial charge >= 0.3 is 5.97 Å². The van der Waals surface area contributed by atoms with Crippen LogP contribution in [0.25, 0.3) is 0 Å². The Balaban J connectivity index is 2.74. The molecule has 0 heterocycles. The smallest absolute Gasteiger partial charge is 0.324 e. The molecule has 3 heteroatoms. The fraction of sp³-hybridized carbons (Fsp3) is 0.562. The summed E-state index contributed by atoms with van der Waals surface area (Å²) in [6, 6.07) is 9.93. The number of benzene rings is 1. The fourth-order valence-electron chi connectivity index (χ4n) is 1.84. The topological polar surface area (TPSA) is 38.3 Å². The molecule has 1 atom stereocenters. The number of nitrogens with one attached hydrogen (secondary N) is 1. The Morgan fingerprint density at radius 1 is 1.21 bits per heavy atom. The standard InChI is InChI=1S/C16H25NO2/c1-12(2)17-14(15(18)19-16(3,4)5)11-13-9-7-6-8-10-13/h6-10,12,14,17H,11H2,1-5H3. The minimum atomic E-state index is -0.454. The number of carbonyl (C=O) groups is 1. The molecule has 1 N–H and O–H groups in total. The first kappa shape index (κ1) is 15.7. The van der Waals surface area contributed by atoms with Crippen LogP contribution in [0.15, 0.2) is 30.3 Å². The maximum atomic E-state index is 12.2. The van der Waals surface area contributed by atoms with Gasteiger partial charge in [0.1, 0.15) is 11.6 Å². The van der Waals surface area contributed by atoms with Gasteiger partial charge in [-0.15, -0.1) is 0 Å². The lowest BCUT2D eigenvalue weighted by molar-refractivity contribution is -0.157. The second-order valence-corrected chi connectivity index (χ2v) is 6.10. The highest BCUT2D eigenvalue weighted by molar-refractivity contribution is 5.76. The molecule has 1 aromatic carbocycles. The van der Waals surface area contributed by atoms with Crippen molar-refractivity contribution in [1.82, 2.24) is 5.32 Å². The Morgan fingerprint density at radius 2 is 1.79 bits per heavy atom. The lowest BCUT2D eigenvalue weighted by Crippen LogP contribution is -2.45. The predicted molar refractivity (Wildman–Crippen MR) is 78.1 cm³/mol. The van der Waals surface area contributed by atoms with E-state index in [1.54, 1.807) is 0 Å². The molecule has 0 bridgehead atoms. The lowest BCUT2D eigenvalue weighted by atomic mass is 10.0. The summed E-state index contributed by atoms with van der Waals surface area (Å²) >= 11 is 0. The van der Waals surface area contributed by atoms with E-state index in [1.165, 1.54) is 0 Å². The van der Waals surface area contributed by atoms with Gasteiger partial charge in [0.2, 0.25) is 0 Å². The third-order valence-corrected chi connectivity index (χ3v) is 2.51. The third-order valence-electron chi connectivity index (χ3n) is 2.51. The minimum Gasteiger partial charge on any atom is -0.459 e. The number of esters is 1. The molecule has 0 spiro atoms. The molecule has 0 saturated carbocycles. The van der Waals surface area contributed by atoms with Crippen LogP contribution in [0.2, 0.25) is 0 Å². The average Bonchev–Trinajstić information content (AvgIpc) is 2.26. The maximum absolute atomic E-state index is 12.2. The minimum absolute atomic E-state index is 0.190. The number of rotatable bonds is 5. The lowest BCUT2D eigenvalue weighted by Gasteiger charge is -2.26. The van der Waals surface area contributed by atoms with Crippen molar-refractivity contribution in [3.05, 3.63) is 35.9 Å². The van der Waals surface area contributed by atoms with E-state index in [2.05, 4.69) is 5.32 Å². The zero-order chi connectivity index (χ0) is 14.5. The van der Waals surface area contributed by atoms with Crippen molar-refractivity contribution >= 4 is 5.97 Å². The summed E-state index contributed by atoms with van der Waals surface area (Å²) in [5, 5.41) is 3.28. The number of hydrogen-bond donors (Lipinski definition) is 1. The molecule has 3 nitrogen and oxygen atoms in total. The van der Waals surface area contributed by atoms with Gasteiger partial charge in [0, 0.05) is 6.04 Å². The van der Waals surface area contributed by atoms with E-state index in [1.807, 2.05) is 65.0 Å². The van der Waals surface area contributed by atoms with Crippen LogP contribution < -0.4 is 5.32 Å². The van der Waals surface area contributed by atoms with E-state index >= 15 is 0 Å². The van der Waals surface area contributed by atoms with E-state index in [9.17, 15) is 4.79 Å². The molecular formula is C16H25NO2. The Hall–Kier alpha value is -1.35. The molecule has 1 aromatic rings. The highest BCUT2D eigenvalue weighted by atomic mass is 16.6. The first-order valence-electron chi connectivity index (χ1n) is 6.81. The van der Waals surface area contributed by atoms with Gasteiger partial charge in [-0.1, -0.05) is 44.2 Å². The second-order valence-electron chi connectivity index (χ2n) is 6.10. The van der Waals surface area contributed by atoms with Gasteiger partial charge in [0.05, 0.1) is 0 Å². The summed E-state index contributed by atoms with van der Waals surface area (Å²) in [6.07, 6.45) is 0.647. The highest BCUT2D eigenvalue weighted by Gasteiger charge is 2.25. The Kier molecular flexibility index (Phi) is 5.55. The normalized spacial score (nSPS) is 13.4. The molecule has 0 aliphatic rings. The molecule has 0 amide bonds. The van der Waals surface area contributed by atoms with Gasteiger partial charge in [0.25, 0.3) is 0 Å². The quantitative estimate of drug-likeness (QED) is 0.830. The average molecular weight is 263 g/mol. The molecular weight excluding hydrogens is 238 g/mol. The van der Waals surface area contributed by atoms with Gasteiger partial charge in [-0.2, -0.15) is 0 Å². The first-order valence-corrected chi connectivity index (χ1v) is 6.81. The van der Waals surface area contributed by atoms with Crippen LogP contribution in [0.4, 0.5) is 0 Å². The molecule has 0 saturated heterocycles. The van der Waals surface area contributed by atoms with Crippen molar-refractivity contribution in [1.29, 1.82) is 0 Å². The van der Waals surface area contributed by atoms with Crippen molar-refractivity contribution in [3.8, 4) is 0 Å². The predicted octanol–water partition coefficient (Wildman–Crippen LogP) is 2.94. The van der Waals surface area contributed by atoms with Crippen molar-refractivity contribution in [2.75, 3.05) is 0 Å². The van der Waals surface area contributed by atoms with Gasteiger partial charge in [-0.05, 0) is 32.8 Å². The highest BCUT2D eigenvalue weighted by Crippen LogP contribution is 2.11. The number of hydrogen-bond acceptors (Lipinski definition) is 3. The maximum Gasteiger partial charge on any atom is 0.324 e. The van der Waals surface area contributed by atoms with Gasteiger partial charge in [-0.25, -0.2) is 0 Å². The van der Waals surface area contributed by atoms with Crippen molar-refractivity contribution in [2.24, 2.45) is 0 Å². The Morgan fingerprint density at radius 3 is 2.26 bits per heavy atom. The van der Waals surface area contributed by atoms with Gasteiger partial charge < -0.3 is 10.1 Å². The third kappa shape index (κ3) is 6.39. The largest absolute Gasteiger partial charge is 0.459 e. The molecule has 0 aliphatic carbocycles. The van der Waals surface area contributed by atoms with E-state index in [4.69, 9.17) is 4.74 Å². The Labute approximate surface area is 116 Å². The summed E-state index contributed by atoms with van der Waals surface area (Å²) in [7, 11) is 0. The summed E-state index contributed by atoms with van der Waals surface area (Å²) < 4.78 is 5.47. The Bertz CT molecular complexity index is 393. The molecule has 0 aliphatic heterocycles. The SMILES string of the molecule is CC(C)NC(Cc1ccccc1)C(=O)OC(C)(C)C. The summed E-state index contributed by atoms with van der Waals surface area (Å²) in [6.45, 7) is 9.73. The zero-order valence-corrected chi connectivity index (χ0v) is 12.6. The molecule has 19 heavy (non-hydrogen) atoms. The van der Waals surface area contributed by atoms with E-state index in [0.717, 1.165) is 5.56 Å². The molecule has 0 radical (unpaired) electrons. The first-order chi connectivity index (χ1) is 8.78. The van der Waals surface area contributed by atoms with Crippen LogP contribution >= 0.6 is 0 Å². The van der Waals surface area contributed by atoms with Crippen LogP contribution in [0.5, 0.6) is 0 Å². The summed E-state index contributed by atoms with van der Waals surface area (Å²) in [5.41, 5.74) is 0.677. The van der Waals surface area contributed by atoms with Crippen molar-refractivity contribution in [2.45, 2.75) is 58.7 Å².